The second-order valence-corrected chi connectivity index (χ2v) is 5.83. The van der Waals surface area contributed by atoms with Crippen LogP contribution in [0, 0.1) is 5.92 Å². The fourth-order valence-electron chi connectivity index (χ4n) is 2.73. The third kappa shape index (κ3) is 2.79. The number of nitrogens with one attached hydrogen (secondary N) is 1. The summed E-state index contributed by atoms with van der Waals surface area (Å²) in [5, 5.41) is 4.39. The Morgan fingerprint density at radius 3 is 2.57 bits per heavy atom. The van der Waals surface area contributed by atoms with Gasteiger partial charge in [0.05, 0.1) is 16.3 Å². The highest BCUT2D eigenvalue weighted by Gasteiger charge is 2.13. The lowest BCUT2D eigenvalue weighted by molar-refractivity contribution is 0.275. The van der Waals surface area contributed by atoms with Gasteiger partial charge in [-0.25, -0.2) is 4.68 Å². The monoisotopic (exact) mass is 283 g/mol. The molecule has 1 aromatic heterocycles. The number of piperidine rings is 1. The maximum Gasteiger partial charge on any atom is 0.280 e. The maximum atomic E-state index is 12.6. The molecule has 0 aliphatic carbocycles. The zero-order chi connectivity index (χ0) is 14.8. The van der Waals surface area contributed by atoms with Crippen LogP contribution in [0.2, 0.25) is 0 Å². The van der Waals surface area contributed by atoms with E-state index in [2.05, 4.69) is 23.5 Å². The largest absolute Gasteiger partial charge is 0.377 e. The summed E-state index contributed by atoms with van der Waals surface area (Å²) in [5.74, 6) is 0.779. The van der Waals surface area contributed by atoms with Crippen molar-refractivity contribution in [3.8, 4) is 5.69 Å². The first-order valence-corrected chi connectivity index (χ1v) is 7.46. The van der Waals surface area contributed by atoms with Gasteiger partial charge < -0.3 is 4.90 Å². The minimum absolute atomic E-state index is 0.0372. The van der Waals surface area contributed by atoms with Crippen molar-refractivity contribution in [2.75, 3.05) is 13.1 Å². The molecule has 0 atom stereocenters. The molecular formula is C17H21N3O. The van der Waals surface area contributed by atoms with E-state index >= 15 is 0 Å². The van der Waals surface area contributed by atoms with Crippen LogP contribution >= 0.6 is 0 Å². The second kappa shape index (κ2) is 5.64. The van der Waals surface area contributed by atoms with Gasteiger partial charge in [0.25, 0.3) is 5.56 Å². The third-order valence-electron chi connectivity index (χ3n) is 4.15. The first kappa shape index (κ1) is 13.7. The summed E-state index contributed by atoms with van der Waals surface area (Å²) in [4.78, 5) is 14.8. The summed E-state index contributed by atoms with van der Waals surface area (Å²) in [6.07, 6.45) is 4.33. The van der Waals surface area contributed by atoms with Gasteiger partial charge in [-0.1, -0.05) is 31.7 Å². The van der Waals surface area contributed by atoms with Crippen LogP contribution in [0.25, 0.3) is 18.5 Å². The van der Waals surface area contributed by atoms with Crippen molar-refractivity contribution < 1.29 is 0 Å². The Bertz CT molecular complexity index is 765. The SMILES string of the molecule is C=c1[nH]n(-c2ccccc2)c(=O)/c1=C\N1CCC(C)CC1. The number of likely N-dealkylation sites (tertiary alicyclic amines) is 1. The highest BCUT2D eigenvalue weighted by Crippen LogP contribution is 2.15. The van der Waals surface area contributed by atoms with Crippen LogP contribution in [-0.4, -0.2) is 27.8 Å². The fraction of sp³-hybridized carbons (Fsp3) is 0.353. The zero-order valence-corrected chi connectivity index (χ0v) is 12.4. The van der Waals surface area contributed by atoms with E-state index in [9.17, 15) is 4.79 Å². The summed E-state index contributed by atoms with van der Waals surface area (Å²) in [6, 6.07) is 9.58. The molecule has 0 radical (unpaired) electrons. The number of H-pyrrole nitrogens is 1. The van der Waals surface area contributed by atoms with Gasteiger partial charge in [-0.15, -0.1) is 0 Å². The number of hydrogen-bond donors (Lipinski definition) is 1. The van der Waals surface area contributed by atoms with Crippen LogP contribution < -0.4 is 16.1 Å². The molecule has 1 N–H and O–H groups in total. The Balaban J connectivity index is 1.99. The van der Waals surface area contributed by atoms with Crippen LogP contribution in [0.1, 0.15) is 19.8 Å². The Morgan fingerprint density at radius 2 is 1.90 bits per heavy atom. The smallest absolute Gasteiger partial charge is 0.280 e. The van der Waals surface area contributed by atoms with E-state index in [1.165, 1.54) is 12.8 Å². The maximum absolute atomic E-state index is 12.6. The molecule has 1 saturated heterocycles. The lowest BCUT2D eigenvalue weighted by atomic mass is 10.00. The molecule has 0 unspecified atom stereocenters. The normalized spacial score (nSPS) is 17.4. The van der Waals surface area contributed by atoms with Gasteiger partial charge in [0.2, 0.25) is 0 Å². The average Bonchev–Trinajstić information content (AvgIpc) is 2.78. The first-order valence-electron chi connectivity index (χ1n) is 7.46. The van der Waals surface area contributed by atoms with Gasteiger partial charge in [0, 0.05) is 19.3 Å². The molecule has 0 spiro atoms. The minimum atomic E-state index is -0.0372. The molecule has 2 aromatic rings. The van der Waals surface area contributed by atoms with Gasteiger partial charge in [-0.3, -0.25) is 9.89 Å². The number of aromatic nitrogens is 2. The predicted octanol–water partition coefficient (Wildman–Crippen LogP) is 1.05. The van der Waals surface area contributed by atoms with E-state index in [-0.39, 0.29) is 5.56 Å². The average molecular weight is 283 g/mol. The lowest BCUT2D eigenvalue weighted by Crippen LogP contribution is -2.39. The molecule has 21 heavy (non-hydrogen) atoms. The van der Waals surface area contributed by atoms with Crippen molar-refractivity contribution in [2.24, 2.45) is 5.92 Å². The summed E-state index contributed by atoms with van der Waals surface area (Å²) < 4.78 is 1.56. The molecule has 1 aromatic carbocycles. The van der Waals surface area contributed by atoms with Crippen molar-refractivity contribution in [3.63, 3.8) is 0 Å². The van der Waals surface area contributed by atoms with Gasteiger partial charge >= 0.3 is 0 Å². The van der Waals surface area contributed by atoms with Crippen LogP contribution in [-0.2, 0) is 0 Å². The second-order valence-electron chi connectivity index (χ2n) is 5.83. The van der Waals surface area contributed by atoms with Crippen LogP contribution in [0.4, 0.5) is 0 Å². The van der Waals surface area contributed by atoms with Crippen LogP contribution in [0.3, 0.4) is 0 Å². The molecule has 4 heteroatoms. The summed E-state index contributed by atoms with van der Waals surface area (Å²) in [7, 11) is 0. The number of benzene rings is 1. The van der Waals surface area contributed by atoms with Gasteiger partial charge in [-0.05, 0) is 30.9 Å². The molecule has 1 aliphatic rings. The standard InChI is InChI=1S/C17H21N3O/c1-13-8-10-19(11-9-13)12-16-14(2)18-20(17(16)21)15-6-4-3-5-7-15/h3-7,12-13,18H,2,8-11H2,1H3/b16-12-. The molecular weight excluding hydrogens is 262 g/mol. The lowest BCUT2D eigenvalue weighted by Gasteiger charge is -2.28. The topological polar surface area (TPSA) is 41.0 Å². The molecule has 2 heterocycles. The summed E-state index contributed by atoms with van der Waals surface area (Å²) in [6.45, 7) is 8.28. The molecule has 0 saturated carbocycles. The third-order valence-corrected chi connectivity index (χ3v) is 4.15. The number of hydrogen-bond acceptors (Lipinski definition) is 2. The zero-order valence-electron chi connectivity index (χ0n) is 12.4. The molecule has 1 fully saturated rings. The molecule has 1 aliphatic heterocycles. The van der Waals surface area contributed by atoms with E-state index in [0.717, 1.165) is 24.7 Å². The van der Waals surface area contributed by atoms with E-state index < -0.39 is 0 Å². The summed E-state index contributed by atoms with van der Waals surface area (Å²) in [5.41, 5.74) is 0.795. The number of aromatic amines is 1. The van der Waals surface area contributed by atoms with Crippen molar-refractivity contribution >= 4 is 12.8 Å². The highest BCUT2D eigenvalue weighted by atomic mass is 16.1. The van der Waals surface area contributed by atoms with Crippen LogP contribution in [0.15, 0.2) is 35.1 Å². The number of nitrogens with zero attached hydrogens (tertiary/aromatic N) is 2. The van der Waals surface area contributed by atoms with Crippen molar-refractivity contribution in [2.45, 2.75) is 19.8 Å². The van der Waals surface area contributed by atoms with E-state index in [0.29, 0.717) is 10.6 Å². The minimum Gasteiger partial charge on any atom is -0.377 e. The van der Waals surface area contributed by atoms with Gasteiger partial charge in [0.1, 0.15) is 0 Å². The van der Waals surface area contributed by atoms with Gasteiger partial charge in [-0.2, -0.15) is 0 Å². The van der Waals surface area contributed by atoms with Crippen molar-refractivity contribution in [1.29, 1.82) is 0 Å². The Kier molecular flexibility index (Phi) is 3.69. The van der Waals surface area contributed by atoms with E-state index in [1.54, 1.807) is 4.68 Å². The fourth-order valence-corrected chi connectivity index (χ4v) is 2.73. The van der Waals surface area contributed by atoms with Crippen molar-refractivity contribution in [1.82, 2.24) is 14.7 Å². The number of para-hydroxylation sites is 1. The Morgan fingerprint density at radius 1 is 1.24 bits per heavy atom. The first-order chi connectivity index (χ1) is 10.1. The van der Waals surface area contributed by atoms with Gasteiger partial charge in [0.15, 0.2) is 0 Å². The van der Waals surface area contributed by atoms with E-state index in [1.807, 2.05) is 36.5 Å². The molecule has 110 valence electrons. The quantitative estimate of drug-likeness (QED) is 0.895. The van der Waals surface area contributed by atoms with Crippen molar-refractivity contribution in [3.05, 3.63) is 51.3 Å². The molecule has 0 bridgehead atoms. The molecule has 4 nitrogen and oxygen atoms in total. The predicted molar refractivity (Wildman–Crippen MR) is 85.6 cm³/mol. The molecule has 3 rings (SSSR count). The summed E-state index contributed by atoms with van der Waals surface area (Å²) >= 11 is 0. The van der Waals surface area contributed by atoms with E-state index in [4.69, 9.17) is 0 Å². The Labute approximate surface area is 124 Å². The van der Waals surface area contributed by atoms with Crippen LogP contribution in [0.5, 0.6) is 0 Å². The number of rotatable bonds is 2. The molecule has 0 amide bonds. The highest BCUT2D eigenvalue weighted by molar-refractivity contribution is 5.32. The Hall–Kier alpha value is -2.23.